The molecule has 0 radical (unpaired) electrons. The summed E-state index contributed by atoms with van der Waals surface area (Å²) < 4.78 is 28.0. The Labute approximate surface area is 133 Å². The van der Waals surface area contributed by atoms with E-state index >= 15 is 0 Å². The van der Waals surface area contributed by atoms with Crippen molar-refractivity contribution in [3.8, 4) is 0 Å². The van der Waals surface area contributed by atoms with Crippen LogP contribution in [0, 0.1) is 0 Å². The lowest BCUT2D eigenvalue weighted by molar-refractivity contribution is 0.0699. The predicted octanol–water partition coefficient (Wildman–Crippen LogP) is 0.888. The van der Waals surface area contributed by atoms with E-state index in [1.165, 1.54) is 0 Å². The third-order valence-electron chi connectivity index (χ3n) is 3.75. The largest absolute Gasteiger partial charge is 0.412 e. The van der Waals surface area contributed by atoms with Gasteiger partial charge in [-0.2, -0.15) is 0 Å². The fraction of sp³-hybridized carbons (Fsp3) is 0.429. The van der Waals surface area contributed by atoms with E-state index in [2.05, 4.69) is 15.2 Å². The van der Waals surface area contributed by atoms with Crippen molar-refractivity contribution in [3.05, 3.63) is 36.0 Å². The Kier molecular flexibility index (Phi) is 4.12. The van der Waals surface area contributed by atoms with E-state index < -0.39 is 9.84 Å². The van der Waals surface area contributed by atoms with Gasteiger partial charge in [-0.25, -0.2) is 8.42 Å². The number of sulfone groups is 1. The zero-order chi connectivity index (χ0) is 16.4. The van der Waals surface area contributed by atoms with Crippen LogP contribution in [-0.2, 0) is 9.84 Å². The number of carbonyl (C=O) groups excluding carboxylic acids is 1. The van der Waals surface area contributed by atoms with Crippen LogP contribution >= 0.6 is 0 Å². The first-order valence-electron chi connectivity index (χ1n) is 7.19. The molecule has 2 aromatic rings. The zero-order valence-electron chi connectivity index (χ0n) is 12.5. The lowest BCUT2D eigenvalue weighted by atomic mass is 9.96. The first kappa shape index (κ1) is 15.6. The van der Waals surface area contributed by atoms with Crippen molar-refractivity contribution in [3.63, 3.8) is 0 Å². The number of hydrogen-bond donors (Lipinski definition) is 0. The molecule has 1 aliphatic heterocycles. The quantitative estimate of drug-likeness (QED) is 0.819. The first-order chi connectivity index (χ1) is 10.9. The molecule has 0 aromatic carbocycles. The van der Waals surface area contributed by atoms with Crippen LogP contribution < -0.4 is 0 Å². The molecule has 23 heavy (non-hydrogen) atoms. The van der Waals surface area contributed by atoms with E-state index in [9.17, 15) is 13.2 Å². The lowest BCUT2D eigenvalue weighted by Crippen LogP contribution is -2.38. The molecule has 0 saturated carbocycles. The molecule has 8 nitrogen and oxygen atoms in total. The maximum Gasteiger partial charge on any atom is 0.335 e. The van der Waals surface area contributed by atoms with Crippen molar-refractivity contribution in [2.24, 2.45) is 0 Å². The number of piperidine rings is 1. The molecule has 0 atom stereocenters. The highest BCUT2D eigenvalue weighted by Crippen LogP contribution is 2.28. The van der Waals surface area contributed by atoms with Crippen molar-refractivity contribution >= 4 is 15.7 Å². The Balaban J connectivity index is 1.65. The molecule has 3 rings (SSSR count). The second-order valence-electron chi connectivity index (χ2n) is 5.46. The summed E-state index contributed by atoms with van der Waals surface area (Å²) >= 11 is 0. The maximum absolute atomic E-state index is 12.3. The van der Waals surface area contributed by atoms with Gasteiger partial charge in [0.1, 0.15) is 5.69 Å². The summed E-state index contributed by atoms with van der Waals surface area (Å²) in [6.07, 6.45) is 3.90. The minimum absolute atomic E-state index is 0.0363. The van der Waals surface area contributed by atoms with Crippen molar-refractivity contribution in [1.82, 2.24) is 20.1 Å². The number of amides is 1. The summed E-state index contributed by atoms with van der Waals surface area (Å²) in [6, 6.07) is 5.22. The molecule has 1 aliphatic rings. The summed E-state index contributed by atoms with van der Waals surface area (Å²) in [6.45, 7) is 1.08. The van der Waals surface area contributed by atoms with Crippen LogP contribution in [0.25, 0.3) is 0 Å². The Morgan fingerprint density at radius 3 is 2.57 bits per heavy atom. The highest BCUT2D eigenvalue weighted by Gasteiger charge is 2.29. The molecule has 3 heterocycles. The van der Waals surface area contributed by atoms with Crippen molar-refractivity contribution in [2.75, 3.05) is 19.3 Å². The first-order valence-corrected chi connectivity index (χ1v) is 9.08. The highest BCUT2D eigenvalue weighted by atomic mass is 32.2. The van der Waals surface area contributed by atoms with E-state index in [1.54, 1.807) is 29.3 Å². The molecular formula is C14H16N4O4S. The number of carbonyl (C=O) groups is 1. The summed E-state index contributed by atoms with van der Waals surface area (Å²) in [4.78, 5) is 18.1. The molecule has 0 unspecified atom stereocenters. The molecular weight excluding hydrogens is 320 g/mol. The van der Waals surface area contributed by atoms with Crippen molar-refractivity contribution < 1.29 is 17.6 Å². The summed E-state index contributed by atoms with van der Waals surface area (Å²) in [7, 11) is -3.49. The normalized spacial score (nSPS) is 16.5. The number of likely N-dealkylation sites (tertiary alicyclic amines) is 1. The molecule has 0 aliphatic carbocycles. The molecule has 0 bridgehead atoms. The van der Waals surface area contributed by atoms with Crippen molar-refractivity contribution in [1.29, 1.82) is 0 Å². The van der Waals surface area contributed by atoms with Crippen LogP contribution in [0.5, 0.6) is 0 Å². The monoisotopic (exact) mass is 336 g/mol. The van der Waals surface area contributed by atoms with Gasteiger partial charge in [-0.3, -0.25) is 9.78 Å². The minimum atomic E-state index is -3.49. The van der Waals surface area contributed by atoms with Crippen LogP contribution in [0.1, 0.15) is 35.1 Å². The molecule has 122 valence electrons. The number of aromatic nitrogens is 3. The summed E-state index contributed by atoms with van der Waals surface area (Å²) in [5, 5.41) is 7.03. The van der Waals surface area contributed by atoms with Crippen LogP contribution in [0.15, 0.2) is 34.0 Å². The Morgan fingerprint density at radius 1 is 1.26 bits per heavy atom. The molecule has 1 saturated heterocycles. The van der Waals surface area contributed by atoms with E-state index in [1.807, 2.05) is 0 Å². The molecule has 1 amide bonds. The second-order valence-corrected chi connectivity index (χ2v) is 7.35. The van der Waals surface area contributed by atoms with Gasteiger partial charge >= 0.3 is 5.22 Å². The fourth-order valence-electron chi connectivity index (χ4n) is 2.52. The molecule has 2 aromatic heterocycles. The van der Waals surface area contributed by atoms with Crippen molar-refractivity contribution in [2.45, 2.75) is 24.0 Å². The van der Waals surface area contributed by atoms with E-state index in [0.717, 1.165) is 6.26 Å². The third-order valence-corrected chi connectivity index (χ3v) is 4.55. The van der Waals surface area contributed by atoms with Gasteiger partial charge in [-0.05, 0) is 25.0 Å². The number of nitrogens with zero attached hydrogens (tertiary/aromatic N) is 4. The van der Waals surface area contributed by atoms with Gasteiger partial charge < -0.3 is 9.32 Å². The van der Waals surface area contributed by atoms with E-state index in [0.29, 0.717) is 37.5 Å². The van der Waals surface area contributed by atoms with Crippen LogP contribution in [0.2, 0.25) is 0 Å². The number of hydrogen-bond acceptors (Lipinski definition) is 7. The molecule has 9 heteroatoms. The van der Waals surface area contributed by atoms with Gasteiger partial charge in [-0.15, -0.1) is 5.10 Å². The highest BCUT2D eigenvalue weighted by molar-refractivity contribution is 7.90. The number of pyridine rings is 1. The summed E-state index contributed by atoms with van der Waals surface area (Å²) in [5.41, 5.74) is 0.420. The third kappa shape index (κ3) is 3.39. The molecule has 0 spiro atoms. The van der Waals surface area contributed by atoms with E-state index in [-0.39, 0.29) is 17.0 Å². The zero-order valence-corrected chi connectivity index (χ0v) is 13.4. The average molecular weight is 336 g/mol. The standard InChI is InChI=1S/C14H16N4O4S/c1-23(20,21)14-17-16-12(22-14)10-5-8-18(9-6-10)13(19)11-4-2-3-7-15-11/h2-4,7,10H,5-6,8-9H2,1H3. The van der Waals surface area contributed by atoms with Crippen LogP contribution in [0.3, 0.4) is 0 Å². The Hall–Kier alpha value is -2.29. The van der Waals surface area contributed by atoms with Gasteiger partial charge in [0.2, 0.25) is 15.7 Å². The van der Waals surface area contributed by atoms with E-state index in [4.69, 9.17) is 4.42 Å². The average Bonchev–Trinajstić information content (AvgIpc) is 3.05. The van der Waals surface area contributed by atoms with Gasteiger partial charge in [-0.1, -0.05) is 11.2 Å². The van der Waals surface area contributed by atoms with Gasteiger partial charge in [0.05, 0.1) is 0 Å². The lowest BCUT2D eigenvalue weighted by Gasteiger charge is -2.30. The maximum atomic E-state index is 12.3. The fourth-order valence-corrected chi connectivity index (χ4v) is 2.94. The van der Waals surface area contributed by atoms with Gasteiger partial charge in [0.25, 0.3) is 5.91 Å². The second kappa shape index (κ2) is 6.07. The minimum Gasteiger partial charge on any atom is -0.412 e. The molecule has 1 fully saturated rings. The van der Waals surface area contributed by atoms with Crippen LogP contribution in [-0.4, -0.2) is 53.8 Å². The Morgan fingerprint density at radius 2 is 2.00 bits per heavy atom. The summed E-state index contributed by atoms with van der Waals surface area (Å²) in [5.74, 6) is 0.174. The Bertz CT molecular complexity index is 795. The SMILES string of the molecule is CS(=O)(=O)c1nnc(C2CCN(C(=O)c3ccccn3)CC2)o1. The van der Waals surface area contributed by atoms with Gasteiger partial charge in [0.15, 0.2) is 0 Å². The smallest absolute Gasteiger partial charge is 0.335 e. The predicted molar refractivity (Wildman–Crippen MR) is 79.5 cm³/mol. The van der Waals surface area contributed by atoms with Gasteiger partial charge in [0, 0.05) is 31.5 Å². The van der Waals surface area contributed by atoms with Crippen LogP contribution in [0.4, 0.5) is 0 Å². The topological polar surface area (TPSA) is 106 Å². The molecule has 0 N–H and O–H groups in total. The number of rotatable bonds is 3.